The number of anilines is 1. The lowest BCUT2D eigenvalue weighted by atomic mass is 10.0. The highest BCUT2D eigenvalue weighted by Gasteiger charge is 2.29. The first kappa shape index (κ1) is 19.8. The molecule has 0 aliphatic carbocycles. The molecule has 2 aromatic carbocycles. The lowest BCUT2D eigenvalue weighted by Gasteiger charge is -2.29. The number of ether oxygens (including phenoxy) is 1. The van der Waals surface area contributed by atoms with Crippen LogP contribution in [0.5, 0.6) is 0 Å². The maximum Gasteiger partial charge on any atom is 0.251 e. The predicted molar refractivity (Wildman–Crippen MR) is 115 cm³/mol. The number of carbonyl (C=O) groups is 2. The van der Waals surface area contributed by atoms with E-state index in [1.165, 1.54) is 0 Å². The molecule has 1 N–H and O–H groups in total. The fraction of sp³-hybridized carbons (Fsp3) is 0.208. The van der Waals surface area contributed by atoms with Crippen LogP contribution in [-0.4, -0.2) is 37.1 Å². The molecule has 0 saturated carbocycles. The molecular weight excluding hydrogens is 378 g/mol. The standard InChI is InChI=1S/C24H23N3O3/c1-27(24(29)21-15-30-16-21)22-10-8-19(9-11-22)18-4-6-20(7-5-18)23(28)26-14-17-3-2-12-25-13-17/h2-13,21H,14-16H2,1H3,(H,26,28). The van der Waals surface area contributed by atoms with Gasteiger partial charge in [-0.2, -0.15) is 0 Å². The van der Waals surface area contributed by atoms with Gasteiger partial charge in [-0.05, 0) is 47.0 Å². The Morgan fingerprint density at radius 1 is 1.03 bits per heavy atom. The predicted octanol–water partition coefficient (Wildman–Crippen LogP) is 3.29. The normalized spacial score (nSPS) is 13.4. The molecule has 6 heteroatoms. The van der Waals surface area contributed by atoms with Crippen LogP contribution in [0.25, 0.3) is 11.1 Å². The van der Waals surface area contributed by atoms with Crippen LogP contribution in [0, 0.1) is 5.92 Å². The molecule has 6 nitrogen and oxygen atoms in total. The van der Waals surface area contributed by atoms with Crippen molar-refractivity contribution in [1.82, 2.24) is 10.3 Å². The second kappa shape index (κ2) is 8.88. The molecule has 2 amide bonds. The minimum atomic E-state index is -0.124. The number of aromatic nitrogens is 1. The van der Waals surface area contributed by atoms with Crippen LogP contribution < -0.4 is 10.2 Å². The summed E-state index contributed by atoms with van der Waals surface area (Å²) in [5, 5.41) is 2.90. The second-order valence-corrected chi connectivity index (χ2v) is 7.30. The fourth-order valence-electron chi connectivity index (χ4n) is 3.26. The zero-order chi connectivity index (χ0) is 20.9. The van der Waals surface area contributed by atoms with E-state index < -0.39 is 0 Å². The second-order valence-electron chi connectivity index (χ2n) is 7.30. The zero-order valence-corrected chi connectivity index (χ0v) is 16.7. The van der Waals surface area contributed by atoms with Crippen molar-refractivity contribution in [2.75, 3.05) is 25.2 Å². The Bertz CT molecular complexity index is 1010. The van der Waals surface area contributed by atoms with Crippen LogP contribution >= 0.6 is 0 Å². The third-order valence-corrected chi connectivity index (χ3v) is 5.23. The van der Waals surface area contributed by atoms with Crippen molar-refractivity contribution in [3.63, 3.8) is 0 Å². The van der Waals surface area contributed by atoms with E-state index in [4.69, 9.17) is 4.74 Å². The molecule has 152 valence electrons. The Balaban J connectivity index is 1.38. The topological polar surface area (TPSA) is 71.5 Å². The zero-order valence-electron chi connectivity index (χ0n) is 16.7. The van der Waals surface area contributed by atoms with Gasteiger partial charge in [0.25, 0.3) is 5.91 Å². The molecule has 30 heavy (non-hydrogen) atoms. The first-order valence-corrected chi connectivity index (χ1v) is 9.85. The largest absolute Gasteiger partial charge is 0.380 e. The van der Waals surface area contributed by atoms with Crippen LogP contribution in [0.1, 0.15) is 15.9 Å². The van der Waals surface area contributed by atoms with Gasteiger partial charge in [-0.25, -0.2) is 0 Å². The number of amides is 2. The van der Waals surface area contributed by atoms with Crippen LogP contribution in [0.15, 0.2) is 73.1 Å². The minimum absolute atomic E-state index is 0.0356. The van der Waals surface area contributed by atoms with Gasteiger partial charge in [0.05, 0.1) is 19.1 Å². The van der Waals surface area contributed by atoms with Crippen molar-refractivity contribution in [2.45, 2.75) is 6.54 Å². The van der Waals surface area contributed by atoms with E-state index in [1.54, 1.807) is 24.3 Å². The van der Waals surface area contributed by atoms with Crippen LogP contribution in [0.3, 0.4) is 0 Å². The number of rotatable bonds is 6. The van der Waals surface area contributed by atoms with E-state index in [-0.39, 0.29) is 17.7 Å². The number of nitrogens with zero attached hydrogens (tertiary/aromatic N) is 2. The van der Waals surface area contributed by atoms with Gasteiger partial charge in [0.2, 0.25) is 5.91 Å². The van der Waals surface area contributed by atoms with Crippen molar-refractivity contribution in [1.29, 1.82) is 0 Å². The lowest BCUT2D eigenvalue weighted by molar-refractivity contribution is -0.135. The van der Waals surface area contributed by atoms with Gasteiger partial charge >= 0.3 is 0 Å². The molecule has 1 aromatic heterocycles. The van der Waals surface area contributed by atoms with Gasteiger partial charge in [-0.3, -0.25) is 14.6 Å². The molecular formula is C24H23N3O3. The van der Waals surface area contributed by atoms with Gasteiger partial charge in [0.15, 0.2) is 0 Å². The lowest BCUT2D eigenvalue weighted by Crippen LogP contribution is -2.43. The number of carbonyl (C=O) groups excluding carboxylic acids is 2. The number of pyridine rings is 1. The molecule has 0 radical (unpaired) electrons. The Morgan fingerprint density at radius 2 is 1.70 bits per heavy atom. The average Bonchev–Trinajstić information content (AvgIpc) is 2.76. The maximum absolute atomic E-state index is 12.4. The van der Waals surface area contributed by atoms with Crippen molar-refractivity contribution in [2.24, 2.45) is 5.92 Å². The number of nitrogens with one attached hydrogen (secondary N) is 1. The number of benzene rings is 2. The van der Waals surface area contributed by atoms with Gasteiger partial charge in [0, 0.05) is 37.2 Å². The Morgan fingerprint density at radius 3 is 2.27 bits per heavy atom. The van der Waals surface area contributed by atoms with Crippen molar-refractivity contribution >= 4 is 17.5 Å². The molecule has 0 spiro atoms. The quantitative estimate of drug-likeness (QED) is 0.688. The van der Waals surface area contributed by atoms with Crippen LogP contribution in [0.2, 0.25) is 0 Å². The van der Waals surface area contributed by atoms with Crippen LogP contribution in [-0.2, 0) is 16.1 Å². The fourth-order valence-corrected chi connectivity index (χ4v) is 3.26. The maximum atomic E-state index is 12.4. The van der Waals surface area contributed by atoms with Crippen LogP contribution in [0.4, 0.5) is 5.69 Å². The van der Waals surface area contributed by atoms with E-state index >= 15 is 0 Å². The van der Waals surface area contributed by atoms with Crippen molar-refractivity contribution < 1.29 is 14.3 Å². The highest BCUT2D eigenvalue weighted by Crippen LogP contribution is 2.25. The molecule has 0 atom stereocenters. The number of hydrogen-bond donors (Lipinski definition) is 1. The van der Waals surface area contributed by atoms with E-state index in [2.05, 4.69) is 10.3 Å². The molecule has 4 rings (SSSR count). The van der Waals surface area contributed by atoms with Gasteiger partial charge in [-0.15, -0.1) is 0 Å². The molecule has 0 bridgehead atoms. The third kappa shape index (κ3) is 4.39. The summed E-state index contributed by atoms with van der Waals surface area (Å²) in [6.07, 6.45) is 3.44. The average molecular weight is 401 g/mol. The summed E-state index contributed by atoms with van der Waals surface area (Å²) < 4.78 is 5.10. The first-order valence-electron chi connectivity index (χ1n) is 9.85. The highest BCUT2D eigenvalue weighted by atomic mass is 16.5. The molecule has 1 saturated heterocycles. The molecule has 2 heterocycles. The SMILES string of the molecule is CN(C(=O)C1COC1)c1ccc(-c2ccc(C(=O)NCc3cccnc3)cc2)cc1. The Kier molecular flexibility index (Phi) is 5.86. The number of hydrogen-bond acceptors (Lipinski definition) is 4. The minimum Gasteiger partial charge on any atom is -0.380 e. The smallest absolute Gasteiger partial charge is 0.251 e. The molecule has 1 aliphatic heterocycles. The van der Waals surface area contributed by atoms with Gasteiger partial charge in [-0.1, -0.05) is 30.3 Å². The Hall–Kier alpha value is -3.51. The van der Waals surface area contributed by atoms with E-state index in [0.717, 1.165) is 22.4 Å². The molecule has 1 aliphatic rings. The summed E-state index contributed by atoms with van der Waals surface area (Å²) in [4.78, 5) is 30.4. The first-order chi connectivity index (χ1) is 14.6. The molecule has 1 fully saturated rings. The summed E-state index contributed by atoms with van der Waals surface area (Å²) in [5.41, 5.74) is 4.44. The summed E-state index contributed by atoms with van der Waals surface area (Å²) in [6.45, 7) is 1.45. The highest BCUT2D eigenvalue weighted by molar-refractivity contribution is 5.96. The summed E-state index contributed by atoms with van der Waals surface area (Å²) in [6, 6.07) is 19.1. The van der Waals surface area contributed by atoms with Crippen molar-refractivity contribution in [3.05, 3.63) is 84.2 Å². The molecule has 3 aromatic rings. The Labute approximate surface area is 175 Å². The van der Waals surface area contributed by atoms with Gasteiger partial charge in [0.1, 0.15) is 0 Å². The summed E-state index contributed by atoms with van der Waals surface area (Å²) in [5.74, 6) is -0.0805. The molecule has 0 unspecified atom stereocenters. The monoisotopic (exact) mass is 401 g/mol. The van der Waals surface area contributed by atoms with Crippen molar-refractivity contribution in [3.8, 4) is 11.1 Å². The summed E-state index contributed by atoms with van der Waals surface area (Å²) >= 11 is 0. The summed E-state index contributed by atoms with van der Waals surface area (Å²) in [7, 11) is 1.79. The van der Waals surface area contributed by atoms with E-state index in [0.29, 0.717) is 25.3 Å². The third-order valence-electron chi connectivity index (χ3n) is 5.23. The van der Waals surface area contributed by atoms with E-state index in [1.807, 2.05) is 60.7 Å². The van der Waals surface area contributed by atoms with E-state index in [9.17, 15) is 9.59 Å². The van der Waals surface area contributed by atoms with Gasteiger partial charge < -0.3 is 15.0 Å².